The molecular formula is C14H11FN2O7S. The highest BCUT2D eigenvalue weighted by atomic mass is 32.2. The van der Waals surface area contributed by atoms with Gasteiger partial charge in [0, 0.05) is 12.1 Å². The quantitative estimate of drug-likeness (QED) is 0.588. The molecule has 0 saturated heterocycles. The van der Waals surface area contributed by atoms with Gasteiger partial charge in [-0.1, -0.05) is 0 Å². The number of non-ortho nitro benzene ring substituents is 1. The third-order valence-corrected chi connectivity index (χ3v) is 4.48. The van der Waals surface area contributed by atoms with E-state index in [2.05, 4.69) is 4.72 Å². The van der Waals surface area contributed by atoms with Gasteiger partial charge in [0.05, 0.1) is 28.2 Å². The van der Waals surface area contributed by atoms with E-state index in [-0.39, 0.29) is 17.1 Å². The Kier molecular flexibility index (Phi) is 4.88. The number of carboxylic acids is 1. The Morgan fingerprint density at radius 1 is 1.28 bits per heavy atom. The molecule has 0 spiro atoms. The van der Waals surface area contributed by atoms with Crippen LogP contribution in [0, 0.1) is 15.9 Å². The molecule has 0 unspecified atom stereocenters. The lowest BCUT2D eigenvalue weighted by molar-refractivity contribution is -0.384. The number of halogens is 1. The summed E-state index contributed by atoms with van der Waals surface area (Å²) in [6.45, 7) is 0. The number of nitrogens with one attached hydrogen (secondary N) is 1. The van der Waals surface area contributed by atoms with E-state index in [1.165, 1.54) is 13.2 Å². The summed E-state index contributed by atoms with van der Waals surface area (Å²) in [7, 11) is -3.11. The van der Waals surface area contributed by atoms with Crippen molar-refractivity contribution in [2.75, 3.05) is 11.8 Å². The fourth-order valence-corrected chi connectivity index (χ4v) is 3.02. The van der Waals surface area contributed by atoms with Crippen molar-refractivity contribution >= 4 is 27.4 Å². The van der Waals surface area contributed by atoms with Crippen molar-refractivity contribution in [1.82, 2.24) is 0 Å². The molecule has 0 bridgehead atoms. The van der Waals surface area contributed by atoms with Gasteiger partial charge in [-0.2, -0.15) is 0 Å². The zero-order valence-electron chi connectivity index (χ0n) is 12.6. The van der Waals surface area contributed by atoms with Crippen LogP contribution in [0.25, 0.3) is 0 Å². The molecule has 0 amide bonds. The highest BCUT2D eigenvalue weighted by molar-refractivity contribution is 7.92. The second kappa shape index (κ2) is 6.73. The number of rotatable bonds is 6. The Labute approximate surface area is 140 Å². The first kappa shape index (κ1) is 18.1. The van der Waals surface area contributed by atoms with Gasteiger partial charge in [0.1, 0.15) is 11.6 Å². The fourth-order valence-electron chi connectivity index (χ4n) is 1.93. The van der Waals surface area contributed by atoms with Crippen molar-refractivity contribution in [3.8, 4) is 5.75 Å². The van der Waals surface area contributed by atoms with Crippen LogP contribution in [-0.2, 0) is 10.0 Å². The summed E-state index contributed by atoms with van der Waals surface area (Å²) in [5.41, 5.74) is -1.43. The Balaban J connectivity index is 2.49. The summed E-state index contributed by atoms with van der Waals surface area (Å²) in [6, 6.07) is 5.47. The van der Waals surface area contributed by atoms with Crippen LogP contribution in [-0.4, -0.2) is 31.5 Å². The SMILES string of the molecule is COc1ccc([N+](=O)[O-])cc1NS(=O)(=O)c1ccc(F)c(C(=O)O)c1. The summed E-state index contributed by atoms with van der Waals surface area (Å²) in [6.07, 6.45) is 0. The first-order valence-corrected chi connectivity index (χ1v) is 8.02. The van der Waals surface area contributed by atoms with E-state index in [9.17, 15) is 27.7 Å². The lowest BCUT2D eigenvalue weighted by atomic mass is 10.2. The zero-order chi connectivity index (χ0) is 18.8. The molecule has 2 aromatic carbocycles. The molecule has 0 radical (unpaired) electrons. The number of anilines is 1. The van der Waals surface area contributed by atoms with E-state index in [1.54, 1.807) is 0 Å². The van der Waals surface area contributed by atoms with E-state index in [1.807, 2.05) is 0 Å². The number of nitrogens with zero attached hydrogens (tertiary/aromatic N) is 1. The Morgan fingerprint density at radius 2 is 1.96 bits per heavy atom. The van der Waals surface area contributed by atoms with Crippen LogP contribution >= 0.6 is 0 Å². The number of benzene rings is 2. The van der Waals surface area contributed by atoms with Gasteiger partial charge in [0.2, 0.25) is 0 Å². The Bertz CT molecular complexity index is 960. The number of hydrogen-bond acceptors (Lipinski definition) is 6. The van der Waals surface area contributed by atoms with Crippen LogP contribution in [0.15, 0.2) is 41.3 Å². The molecule has 9 nitrogen and oxygen atoms in total. The molecule has 2 N–H and O–H groups in total. The van der Waals surface area contributed by atoms with Crippen LogP contribution in [0.2, 0.25) is 0 Å². The maximum absolute atomic E-state index is 13.4. The average molecular weight is 370 g/mol. The number of sulfonamides is 1. The molecule has 25 heavy (non-hydrogen) atoms. The maximum Gasteiger partial charge on any atom is 0.338 e. The van der Waals surface area contributed by atoms with Gasteiger partial charge < -0.3 is 9.84 Å². The van der Waals surface area contributed by atoms with Crippen LogP contribution < -0.4 is 9.46 Å². The number of methoxy groups -OCH3 is 1. The Hall–Kier alpha value is -3.21. The van der Waals surface area contributed by atoms with Crippen LogP contribution in [0.3, 0.4) is 0 Å². The first-order chi connectivity index (χ1) is 11.7. The molecule has 11 heteroatoms. The maximum atomic E-state index is 13.4. The van der Waals surface area contributed by atoms with Crippen molar-refractivity contribution in [2.24, 2.45) is 0 Å². The number of aromatic carboxylic acids is 1. The number of nitro groups is 1. The third kappa shape index (κ3) is 3.83. The van der Waals surface area contributed by atoms with Gasteiger partial charge in [-0.3, -0.25) is 14.8 Å². The predicted molar refractivity (Wildman–Crippen MR) is 83.8 cm³/mol. The molecule has 2 rings (SSSR count). The minimum atomic E-state index is -4.34. The van der Waals surface area contributed by atoms with Crippen molar-refractivity contribution in [3.05, 3.63) is 57.9 Å². The number of carboxylic acid groups (broad SMARTS) is 1. The lowest BCUT2D eigenvalue weighted by Crippen LogP contribution is -2.15. The number of nitro benzene ring substituents is 1. The van der Waals surface area contributed by atoms with Gasteiger partial charge >= 0.3 is 5.97 Å². The zero-order valence-corrected chi connectivity index (χ0v) is 13.4. The summed E-state index contributed by atoms with van der Waals surface area (Å²) in [5.74, 6) is -2.73. The van der Waals surface area contributed by atoms with Gasteiger partial charge in [0.25, 0.3) is 15.7 Å². The molecule has 2 aromatic rings. The molecule has 0 atom stereocenters. The van der Waals surface area contributed by atoms with Gasteiger partial charge in [-0.05, 0) is 24.3 Å². The smallest absolute Gasteiger partial charge is 0.338 e. The molecule has 0 aliphatic carbocycles. The van der Waals surface area contributed by atoms with Crippen molar-refractivity contribution < 1.29 is 32.4 Å². The molecule has 0 aromatic heterocycles. The van der Waals surface area contributed by atoms with Crippen molar-refractivity contribution in [1.29, 1.82) is 0 Å². The van der Waals surface area contributed by atoms with E-state index in [0.717, 1.165) is 18.2 Å². The average Bonchev–Trinajstić information content (AvgIpc) is 2.54. The van der Waals surface area contributed by atoms with E-state index < -0.39 is 37.2 Å². The van der Waals surface area contributed by atoms with E-state index in [0.29, 0.717) is 12.1 Å². The lowest BCUT2D eigenvalue weighted by Gasteiger charge is -2.12. The number of hydrogen-bond donors (Lipinski definition) is 2. The minimum absolute atomic E-state index is 0.00902. The molecule has 0 heterocycles. The van der Waals surface area contributed by atoms with Crippen molar-refractivity contribution in [2.45, 2.75) is 4.90 Å². The van der Waals surface area contributed by atoms with Gasteiger partial charge in [0.15, 0.2) is 0 Å². The van der Waals surface area contributed by atoms with E-state index in [4.69, 9.17) is 9.84 Å². The van der Waals surface area contributed by atoms with Crippen LogP contribution in [0.5, 0.6) is 5.75 Å². The predicted octanol–water partition coefficient (Wildman–Crippen LogP) is 2.24. The normalized spacial score (nSPS) is 11.0. The third-order valence-electron chi connectivity index (χ3n) is 3.12. The molecule has 0 fully saturated rings. The Morgan fingerprint density at radius 3 is 2.52 bits per heavy atom. The fraction of sp³-hybridized carbons (Fsp3) is 0.0714. The molecule has 0 aliphatic rings. The number of ether oxygens (including phenoxy) is 1. The number of carbonyl (C=O) groups is 1. The van der Waals surface area contributed by atoms with E-state index >= 15 is 0 Å². The molecule has 0 saturated carbocycles. The summed E-state index contributed by atoms with van der Waals surface area (Å²) in [5, 5.41) is 19.7. The minimum Gasteiger partial charge on any atom is -0.495 e. The summed E-state index contributed by atoms with van der Waals surface area (Å²) in [4.78, 5) is 20.5. The topological polar surface area (TPSA) is 136 Å². The highest BCUT2D eigenvalue weighted by Crippen LogP contribution is 2.31. The molecule has 0 aliphatic heterocycles. The standard InChI is InChI=1S/C14H11FN2O7S/c1-24-13-5-2-8(17(20)21)6-12(13)16-25(22,23)9-3-4-11(15)10(7-9)14(18)19/h2-7,16H,1H3,(H,18,19). The first-order valence-electron chi connectivity index (χ1n) is 6.54. The summed E-state index contributed by atoms with van der Waals surface area (Å²) < 4.78 is 45.2. The van der Waals surface area contributed by atoms with Crippen molar-refractivity contribution in [3.63, 3.8) is 0 Å². The van der Waals surface area contributed by atoms with Crippen LogP contribution in [0.1, 0.15) is 10.4 Å². The van der Waals surface area contributed by atoms with Gasteiger partial charge in [-0.25, -0.2) is 17.6 Å². The molecule has 132 valence electrons. The van der Waals surface area contributed by atoms with Gasteiger partial charge in [-0.15, -0.1) is 0 Å². The monoisotopic (exact) mass is 370 g/mol. The summed E-state index contributed by atoms with van der Waals surface area (Å²) >= 11 is 0. The van der Waals surface area contributed by atoms with Crippen LogP contribution in [0.4, 0.5) is 15.8 Å². The molecular weight excluding hydrogens is 359 g/mol. The second-order valence-electron chi connectivity index (χ2n) is 4.69. The second-order valence-corrected chi connectivity index (χ2v) is 6.38. The largest absolute Gasteiger partial charge is 0.495 e. The highest BCUT2D eigenvalue weighted by Gasteiger charge is 2.22.